The van der Waals surface area contributed by atoms with Gasteiger partial charge in [-0.05, 0) is 44.4 Å². The maximum atomic E-state index is 6.48. The SMILES string of the molecule is CCOc1ccc(C(C)(N)C(C)CC)cc1OCC. The molecule has 108 valence electrons. The first kappa shape index (κ1) is 15.8. The van der Waals surface area contributed by atoms with E-state index in [2.05, 4.69) is 20.8 Å². The van der Waals surface area contributed by atoms with Gasteiger partial charge in [0.1, 0.15) is 0 Å². The monoisotopic (exact) mass is 265 g/mol. The van der Waals surface area contributed by atoms with Gasteiger partial charge in [-0.3, -0.25) is 0 Å². The maximum absolute atomic E-state index is 6.48. The quantitative estimate of drug-likeness (QED) is 0.817. The van der Waals surface area contributed by atoms with Gasteiger partial charge in [-0.25, -0.2) is 0 Å². The largest absolute Gasteiger partial charge is 0.490 e. The Morgan fingerprint density at radius 3 is 2.21 bits per heavy atom. The number of rotatable bonds is 7. The van der Waals surface area contributed by atoms with Gasteiger partial charge in [-0.15, -0.1) is 0 Å². The summed E-state index contributed by atoms with van der Waals surface area (Å²) in [5.74, 6) is 1.97. The average molecular weight is 265 g/mol. The highest BCUT2D eigenvalue weighted by atomic mass is 16.5. The van der Waals surface area contributed by atoms with Crippen molar-refractivity contribution in [1.82, 2.24) is 0 Å². The van der Waals surface area contributed by atoms with Gasteiger partial charge in [-0.2, -0.15) is 0 Å². The van der Waals surface area contributed by atoms with Crippen LogP contribution in [0.4, 0.5) is 0 Å². The van der Waals surface area contributed by atoms with Crippen molar-refractivity contribution in [2.75, 3.05) is 13.2 Å². The van der Waals surface area contributed by atoms with Crippen LogP contribution in [0.15, 0.2) is 18.2 Å². The van der Waals surface area contributed by atoms with Crippen LogP contribution in [0.1, 0.15) is 46.6 Å². The summed E-state index contributed by atoms with van der Waals surface area (Å²) in [6.45, 7) is 11.6. The van der Waals surface area contributed by atoms with Crippen molar-refractivity contribution in [3.05, 3.63) is 23.8 Å². The van der Waals surface area contributed by atoms with Crippen molar-refractivity contribution in [2.24, 2.45) is 11.7 Å². The molecule has 3 nitrogen and oxygen atoms in total. The summed E-state index contributed by atoms with van der Waals surface area (Å²) in [5, 5.41) is 0. The molecular weight excluding hydrogens is 238 g/mol. The van der Waals surface area contributed by atoms with Crippen LogP contribution >= 0.6 is 0 Å². The van der Waals surface area contributed by atoms with E-state index < -0.39 is 0 Å². The van der Waals surface area contributed by atoms with Gasteiger partial charge in [0.05, 0.1) is 13.2 Å². The molecule has 0 aliphatic rings. The molecule has 0 saturated carbocycles. The van der Waals surface area contributed by atoms with E-state index in [1.54, 1.807) is 0 Å². The molecule has 0 saturated heterocycles. The third-order valence-electron chi connectivity index (χ3n) is 3.80. The number of benzene rings is 1. The maximum Gasteiger partial charge on any atom is 0.161 e. The zero-order valence-corrected chi connectivity index (χ0v) is 12.8. The Bertz CT molecular complexity index is 402. The van der Waals surface area contributed by atoms with Crippen molar-refractivity contribution in [1.29, 1.82) is 0 Å². The van der Waals surface area contributed by atoms with E-state index >= 15 is 0 Å². The summed E-state index contributed by atoms with van der Waals surface area (Å²) in [7, 11) is 0. The van der Waals surface area contributed by atoms with Crippen LogP contribution in [0.3, 0.4) is 0 Å². The second kappa shape index (κ2) is 6.80. The highest BCUT2D eigenvalue weighted by Crippen LogP contribution is 2.35. The minimum absolute atomic E-state index is 0.356. The summed E-state index contributed by atoms with van der Waals surface area (Å²) >= 11 is 0. The average Bonchev–Trinajstić information content (AvgIpc) is 2.40. The van der Waals surface area contributed by atoms with E-state index in [9.17, 15) is 0 Å². The number of nitrogens with two attached hydrogens (primary N) is 1. The van der Waals surface area contributed by atoms with Crippen LogP contribution in [-0.2, 0) is 5.54 Å². The van der Waals surface area contributed by atoms with Crippen LogP contribution in [0.2, 0.25) is 0 Å². The Morgan fingerprint density at radius 2 is 1.68 bits per heavy atom. The first-order valence-corrected chi connectivity index (χ1v) is 7.16. The van der Waals surface area contributed by atoms with Crippen molar-refractivity contribution < 1.29 is 9.47 Å². The fraction of sp³-hybridized carbons (Fsp3) is 0.625. The molecular formula is C16H27NO2. The second-order valence-corrected chi connectivity index (χ2v) is 5.12. The van der Waals surface area contributed by atoms with E-state index in [4.69, 9.17) is 15.2 Å². The summed E-state index contributed by atoms with van der Waals surface area (Å²) in [4.78, 5) is 0. The summed E-state index contributed by atoms with van der Waals surface area (Å²) in [6.07, 6.45) is 1.05. The Labute approximate surface area is 117 Å². The Balaban J connectivity index is 3.13. The highest BCUT2D eigenvalue weighted by molar-refractivity contribution is 5.45. The van der Waals surface area contributed by atoms with Crippen molar-refractivity contribution in [2.45, 2.75) is 46.6 Å². The van der Waals surface area contributed by atoms with Gasteiger partial charge >= 0.3 is 0 Å². The van der Waals surface area contributed by atoms with E-state index in [0.29, 0.717) is 19.1 Å². The molecule has 0 radical (unpaired) electrons. The normalized spacial score (nSPS) is 15.7. The number of ether oxygens (including phenoxy) is 2. The van der Waals surface area contributed by atoms with E-state index in [1.165, 1.54) is 0 Å². The Hall–Kier alpha value is -1.22. The molecule has 0 fully saturated rings. The van der Waals surface area contributed by atoms with Gasteiger partial charge in [0.2, 0.25) is 0 Å². The lowest BCUT2D eigenvalue weighted by Gasteiger charge is -2.32. The minimum atomic E-state index is -0.356. The molecule has 2 unspecified atom stereocenters. The topological polar surface area (TPSA) is 44.5 Å². The van der Waals surface area contributed by atoms with Crippen molar-refractivity contribution in [3.63, 3.8) is 0 Å². The smallest absolute Gasteiger partial charge is 0.161 e. The molecule has 0 aliphatic heterocycles. The molecule has 0 heterocycles. The zero-order chi connectivity index (χ0) is 14.5. The first-order valence-electron chi connectivity index (χ1n) is 7.16. The van der Waals surface area contributed by atoms with Crippen LogP contribution in [0.25, 0.3) is 0 Å². The molecule has 2 N–H and O–H groups in total. The van der Waals surface area contributed by atoms with Crippen molar-refractivity contribution in [3.8, 4) is 11.5 Å². The third kappa shape index (κ3) is 3.63. The molecule has 2 atom stereocenters. The molecule has 0 bridgehead atoms. The van der Waals surface area contributed by atoms with Crippen LogP contribution < -0.4 is 15.2 Å². The van der Waals surface area contributed by atoms with Crippen molar-refractivity contribution >= 4 is 0 Å². The van der Waals surface area contributed by atoms with E-state index in [1.807, 2.05) is 32.0 Å². The lowest BCUT2D eigenvalue weighted by molar-refractivity contribution is 0.282. The third-order valence-corrected chi connectivity index (χ3v) is 3.80. The van der Waals surface area contributed by atoms with Crippen LogP contribution in [-0.4, -0.2) is 13.2 Å². The van der Waals surface area contributed by atoms with Crippen LogP contribution in [0.5, 0.6) is 11.5 Å². The molecule has 1 rings (SSSR count). The van der Waals surface area contributed by atoms with Crippen LogP contribution in [0, 0.1) is 5.92 Å². The van der Waals surface area contributed by atoms with Gasteiger partial charge < -0.3 is 15.2 Å². The summed E-state index contributed by atoms with van der Waals surface area (Å²) < 4.78 is 11.2. The standard InChI is InChI=1S/C16H27NO2/c1-6-12(4)16(5,17)13-9-10-14(18-7-2)15(11-13)19-8-3/h9-12H,6-8,17H2,1-5H3. The highest BCUT2D eigenvalue weighted by Gasteiger charge is 2.28. The van der Waals surface area contributed by atoms with Gasteiger partial charge in [0.15, 0.2) is 11.5 Å². The van der Waals surface area contributed by atoms with Gasteiger partial charge in [-0.1, -0.05) is 26.3 Å². The lowest BCUT2D eigenvalue weighted by atomic mass is 9.80. The predicted molar refractivity (Wildman–Crippen MR) is 79.8 cm³/mol. The lowest BCUT2D eigenvalue weighted by Crippen LogP contribution is -2.39. The summed E-state index contributed by atoms with van der Waals surface area (Å²) in [5.41, 5.74) is 7.22. The molecule has 0 aliphatic carbocycles. The zero-order valence-electron chi connectivity index (χ0n) is 12.8. The summed E-state index contributed by atoms with van der Waals surface area (Å²) in [6, 6.07) is 6.01. The molecule has 0 spiro atoms. The fourth-order valence-corrected chi connectivity index (χ4v) is 2.09. The van der Waals surface area contributed by atoms with Gasteiger partial charge in [0.25, 0.3) is 0 Å². The molecule has 3 heteroatoms. The second-order valence-electron chi connectivity index (χ2n) is 5.12. The number of hydrogen-bond donors (Lipinski definition) is 1. The molecule has 0 aromatic heterocycles. The van der Waals surface area contributed by atoms with E-state index in [-0.39, 0.29) is 5.54 Å². The molecule has 1 aromatic rings. The molecule has 19 heavy (non-hydrogen) atoms. The van der Waals surface area contributed by atoms with E-state index in [0.717, 1.165) is 23.5 Å². The first-order chi connectivity index (χ1) is 8.97. The predicted octanol–water partition coefficient (Wildman–Crippen LogP) is 3.70. The minimum Gasteiger partial charge on any atom is -0.490 e. The Kier molecular flexibility index (Phi) is 5.67. The fourth-order valence-electron chi connectivity index (χ4n) is 2.09. The molecule has 0 amide bonds. The van der Waals surface area contributed by atoms with Gasteiger partial charge in [0, 0.05) is 5.54 Å². The molecule has 1 aromatic carbocycles. The Morgan fingerprint density at radius 1 is 1.11 bits per heavy atom. The number of hydrogen-bond acceptors (Lipinski definition) is 3.